The molecule has 5 rings (SSSR count). The molecule has 1 aliphatic heterocycles. The summed E-state index contributed by atoms with van der Waals surface area (Å²) < 4.78 is 4.12. The van der Waals surface area contributed by atoms with Gasteiger partial charge in [-0.1, -0.05) is 60.7 Å². The number of hydrogen-bond donors (Lipinski definition) is 1. The molecule has 0 saturated heterocycles. The third-order valence-corrected chi connectivity index (χ3v) is 5.84. The average Bonchev–Trinajstić information content (AvgIpc) is 3.46. The molecule has 2 aromatic carbocycles. The third-order valence-electron chi connectivity index (χ3n) is 5.84. The lowest BCUT2D eigenvalue weighted by Gasteiger charge is -2.11. The number of carbonyl (C=O) groups excluding carboxylic acids is 1. The van der Waals surface area contributed by atoms with Crippen LogP contribution in [-0.4, -0.2) is 25.2 Å². The number of fused-ring (bicyclic) bond motifs is 1. The fraction of sp³-hybridized carbons (Fsp3) is 0.222. The van der Waals surface area contributed by atoms with Crippen LogP contribution in [0.3, 0.4) is 0 Å². The van der Waals surface area contributed by atoms with Gasteiger partial charge in [0.2, 0.25) is 5.91 Å². The molecular formula is C27H27N5O. The highest BCUT2D eigenvalue weighted by atomic mass is 16.1. The van der Waals surface area contributed by atoms with Crippen molar-refractivity contribution < 1.29 is 4.79 Å². The standard InChI is InChI=1S/C27H27N5O/c33-26(28-17-24-20-31-16-8-7-13-25(31)29-24)15-14-23-19-32(18-21-9-3-1-4-10-21)30-27(23)22-11-5-2-6-12-22/h1-6,9-12,14-15,19-20H,7-8,13,16-18H2,(H,28,33)/b15-14+. The smallest absolute Gasteiger partial charge is 0.244 e. The van der Waals surface area contributed by atoms with E-state index in [1.165, 1.54) is 18.4 Å². The Balaban J connectivity index is 1.30. The van der Waals surface area contributed by atoms with Crippen molar-refractivity contribution in [2.75, 3.05) is 0 Å². The molecule has 0 aliphatic carbocycles. The first-order valence-corrected chi connectivity index (χ1v) is 11.4. The van der Waals surface area contributed by atoms with E-state index in [1.54, 1.807) is 6.08 Å². The van der Waals surface area contributed by atoms with Crippen LogP contribution in [0.2, 0.25) is 0 Å². The number of nitrogens with zero attached hydrogens (tertiary/aromatic N) is 4. The Morgan fingerprint density at radius 1 is 1.00 bits per heavy atom. The van der Waals surface area contributed by atoms with Crippen LogP contribution in [0.5, 0.6) is 0 Å². The Morgan fingerprint density at radius 3 is 2.58 bits per heavy atom. The molecule has 0 unspecified atom stereocenters. The number of carbonyl (C=O) groups is 1. The quantitative estimate of drug-likeness (QED) is 0.434. The van der Waals surface area contributed by atoms with Gasteiger partial charge in [-0.15, -0.1) is 0 Å². The molecule has 0 saturated carbocycles. The Hall–Kier alpha value is -3.93. The topological polar surface area (TPSA) is 64.7 Å². The minimum atomic E-state index is -0.143. The molecule has 0 radical (unpaired) electrons. The predicted octanol–water partition coefficient (Wildman–Crippen LogP) is 4.46. The maximum atomic E-state index is 12.5. The molecule has 33 heavy (non-hydrogen) atoms. The fourth-order valence-electron chi connectivity index (χ4n) is 4.19. The van der Waals surface area contributed by atoms with Crippen molar-refractivity contribution in [3.05, 3.63) is 102 Å². The Bertz CT molecular complexity index is 1230. The second kappa shape index (κ2) is 9.69. The average molecular weight is 438 g/mol. The van der Waals surface area contributed by atoms with Gasteiger partial charge in [0.1, 0.15) is 5.82 Å². The molecular weight excluding hydrogens is 410 g/mol. The molecule has 0 spiro atoms. The summed E-state index contributed by atoms with van der Waals surface area (Å²) in [5.74, 6) is 0.982. The van der Waals surface area contributed by atoms with Crippen molar-refractivity contribution in [1.82, 2.24) is 24.6 Å². The van der Waals surface area contributed by atoms with E-state index in [4.69, 9.17) is 5.10 Å². The number of imidazole rings is 1. The van der Waals surface area contributed by atoms with Gasteiger partial charge in [-0.2, -0.15) is 5.10 Å². The molecule has 2 aromatic heterocycles. The molecule has 166 valence electrons. The van der Waals surface area contributed by atoms with Gasteiger partial charge in [-0.3, -0.25) is 9.48 Å². The lowest BCUT2D eigenvalue weighted by Crippen LogP contribution is -2.20. The van der Waals surface area contributed by atoms with Crippen molar-refractivity contribution in [3.63, 3.8) is 0 Å². The molecule has 0 bridgehead atoms. The normalized spacial score (nSPS) is 13.2. The van der Waals surface area contributed by atoms with E-state index in [2.05, 4.69) is 33.2 Å². The summed E-state index contributed by atoms with van der Waals surface area (Å²) in [7, 11) is 0. The summed E-state index contributed by atoms with van der Waals surface area (Å²) in [6.07, 6.45) is 10.9. The van der Waals surface area contributed by atoms with Gasteiger partial charge in [0, 0.05) is 42.6 Å². The number of benzene rings is 2. The molecule has 4 aromatic rings. The van der Waals surface area contributed by atoms with Gasteiger partial charge in [0.15, 0.2) is 0 Å². The van der Waals surface area contributed by atoms with Crippen LogP contribution < -0.4 is 5.32 Å². The van der Waals surface area contributed by atoms with E-state index in [1.807, 2.05) is 65.5 Å². The minimum absolute atomic E-state index is 0.143. The van der Waals surface area contributed by atoms with Gasteiger partial charge in [0.25, 0.3) is 0 Å². The van der Waals surface area contributed by atoms with Crippen LogP contribution in [0.1, 0.15) is 35.5 Å². The first-order chi connectivity index (χ1) is 16.2. The Morgan fingerprint density at radius 2 is 1.79 bits per heavy atom. The van der Waals surface area contributed by atoms with Crippen LogP contribution in [-0.2, 0) is 30.8 Å². The van der Waals surface area contributed by atoms with Crippen molar-refractivity contribution in [2.45, 2.75) is 38.9 Å². The van der Waals surface area contributed by atoms with Crippen LogP contribution >= 0.6 is 0 Å². The summed E-state index contributed by atoms with van der Waals surface area (Å²) in [5.41, 5.74) is 4.88. The maximum absolute atomic E-state index is 12.5. The van der Waals surface area contributed by atoms with Crippen LogP contribution in [0.25, 0.3) is 17.3 Å². The third kappa shape index (κ3) is 5.12. The zero-order chi connectivity index (χ0) is 22.5. The van der Waals surface area contributed by atoms with E-state index in [0.717, 1.165) is 41.3 Å². The molecule has 0 fully saturated rings. The van der Waals surface area contributed by atoms with Crippen molar-refractivity contribution in [3.8, 4) is 11.3 Å². The second-order valence-electron chi connectivity index (χ2n) is 8.33. The monoisotopic (exact) mass is 437 g/mol. The van der Waals surface area contributed by atoms with Crippen molar-refractivity contribution in [1.29, 1.82) is 0 Å². The van der Waals surface area contributed by atoms with Gasteiger partial charge in [-0.25, -0.2) is 4.98 Å². The summed E-state index contributed by atoms with van der Waals surface area (Å²) in [6, 6.07) is 20.3. The molecule has 3 heterocycles. The van der Waals surface area contributed by atoms with Crippen LogP contribution in [0, 0.1) is 0 Å². The summed E-state index contributed by atoms with van der Waals surface area (Å²) in [5, 5.41) is 7.76. The first-order valence-electron chi connectivity index (χ1n) is 11.4. The highest BCUT2D eigenvalue weighted by molar-refractivity contribution is 5.92. The zero-order valence-electron chi connectivity index (χ0n) is 18.5. The number of aryl methyl sites for hydroxylation is 2. The Labute approximate surface area is 193 Å². The van der Waals surface area contributed by atoms with Crippen LogP contribution in [0.15, 0.2) is 79.1 Å². The first kappa shape index (κ1) is 20.9. The van der Waals surface area contributed by atoms with Gasteiger partial charge >= 0.3 is 0 Å². The number of rotatable bonds is 7. The van der Waals surface area contributed by atoms with E-state index in [0.29, 0.717) is 13.1 Å². The lowest BCUT2D eigenvalue weighted by atomic mass is 10.1. The van der Waals surface area contributed by atoms with Crippen molar-refractivity contribution in [2.24, 2.45) is 0 Å². The molecule has 6 heteroatoms. The number of hydrogen-bond acceptors (Lipinski definition) is 3. The number of amides is 1. The molecule has 1 aliphatic rings. The van der Waals surface area contributed by atoms with Gasteiger partial charge in [0.05, 0.1) is 24.5 Å². The Kier molecular flexibility index (Phi) is 6.15. The second-order valence-corrected chi connectivity index (χ2v) is 8.33. The van der Waals surface area contributed by atoms with Gasteiger partial charge < -0.3 is 9.88 Å². The number of aromatic nitrogens is 4. The van der Waals surface area contributed by atoms with Gasteiger partial charge in [-0.05, 0) is 24.5 Å². The van der Waals surface area contributed by atoms with E-state index >= 15 is 0 Å². The fourth-order valence-corrected chi connectivity index (χ4v) is 4.19. The molecule has 1 N–H and O–H groups in total. The molecule has 1 amide bonds. The highest BCUT2D eigenvalue weighted by Crippen LogP contribution is 2.23. The zero-order valence-corrected chi connectivity index (χ0v) is 18.5. The largest absolute Gasteiger partial charge is 0.347 e. The van der Waals surface area contributed by atoms with E-state index in [9.17, 15) is 4.79 Å². The van der Waals surface area contributed by atoms with Crippen LogP contribution in [0.4, 0.5) is 0 Å². The molecule has 0 atom stereocenters. The van der Waals surface area contributed by atoms with Crippen molar-refractivity contribution >= 4 is 12.0 Å². The SMILES string of the molecule is O=C(/C=C/c1cn(Cc2ccccc2)nc1-c1ccccc1)NCc1cn2c(n1)CCCC2. The van der Waals surface area contributed by atoms with E-state index in [-0.39, 0.29) is 5.91 Å². The maximum Gasteiger partial charge on any atom is 0.244 e. The van der Waals surface area contributed by atoms with E-state index < -0.39 is 0 Å². The minimum Gasteiger partial charge on any atom is -0.347 e. The summed E-state index contributed by atoms with van der Waals surface area (Å²) in [4.78, 5) is 17.2. The highest BCUT2D eigenvalue weighted by Gasteiger charge is 2.13. The predicted molar refractivity (Wildman–Crippen MR) is 129 cm³/mol. The summed E-state index contributed by atoms with van der Waals surface area (Å²) >= 11 is 0. The number of nitrogens with one attached hydrogen (secondary N) is 1. The lowest BCUT2D eigenvalue weighted by molar-refractivity contribution is -0.116. The molecule has 6 nitrogen and oxygen atoms in total. The summed E-state index contributed by atoms with van der Waals surface area (Å²) in [6.45, 7) is 2.12.